The largest absolute Gasteiger partial charge is 0.508 e. The number of aromatic hydroxyl groups is 1. The maximum atomic E-state index is 9.45. The van der Waals surface area contributed by atoms with Crippen LogP contribution in [0.1, 0.15) is 11.1 Å². The molecule has 2 rings (SSSR count). The molecule has 0 unspecified atom stereocenters. The highest BCUT2D eigenvalue weighted by atomic mass is 16.5. The summed E-state index contributed by atoms with van der Waals surface area (Å²) in [5.74, 6) is 0.805. The minimum absolute atomic E-state index is 0.158. The first-order valence-corrected chi connectivity index (χ1v) is 5.07. The molecule has 0 atom stereocenters. The summed E-state index contributed by atoms with van der Waals surface area (Å²) in [6.45, 7) is 4.17. The molecular weight excluding hydrogens is 200 g/mol. The van der Waals surface area contributed by atoms with Gasteiger partial charge in [-0.3, -0.25) is 0 Å². The molecule has 81 valence electrons. The Balaban J connectivity index is 2.03. The van der Waals surface area contributed by atoms with Gasteiger partial charge in [0.1, 0.15) is 18.1 Å². The Morgan fingerprint density at radius 3 is 2.50 bits per heavy atom. The first kappa shape index (κ1) is 10.6. The molecule has 0 saturated carbocycles. The van der Waals surface area contributed by atoms with Gasteiger partial charge in [0.15, 0.2) is 0 Å². The molecule has 0 heterocycles. The van der Waals surface area contributed by atoms with Crippen LogP contribution in [0.2, 0.25) is 0 Å². The molecule has 0 aliphatic heterocycles. The zero-order valence-corrected chi connectivity index (χ0v) is 8.89. The van der Waals surface area contributed by atoms with Crippen LogP contribution >= 0.6 is 0 Å². The third kappa shape index (κ3) is 2.54. The van der Waals surface area contributed by atoms with Crippen LogP contribution in [0.15, 0.2) is 48.5 Å². The molecule has 0 aliphatic rings. The van der Waals surface area contributed by atoms with Gasteiger partial charge in [-0.05, 0) is 24.1 Å². The maximum Gasteiger partial charge on any atom is 0.123 e. The summed E-state index contributed by atoms with van der Waals surface area (Å²) in [5, 5.41) is 9.45. The molecule has 2 nitrogen and oxygen atoms in total. The minimum Gasteiger partial charge on any atom is -0.508 e. The average molecular weight is 213 g/mol. The second kappa shape index (κ2) is 4.71. The first-order chi connectivity index (χ1) is 7.75. The standard InChI is InChI=1S/C14H13O2/c1-11-7-8-13(9-14(11)15)16-10-12-5-3-2-4-6-12/h2-9,15H,1,10H2. The molecular formula is C14H13O2. The van der Waals surface area contributed by atoms with E-state index in [1.54, 1.807) is 18.2 Å². The van der Waals surface area contributed by atoms with Gasteiger partial charge in [-0.25, -0.2) is 0 Å². The number of phenolic OH excluding ortho intramolecular Hbond substituents is 1. The molecule has 0 aromatic heterocycles. The van der Waals surface area contributed by atoms with Crippen LogP contribution in [0.3, 0.4) is 0 Å². The molecule has 0 amide bonds. The third-order valence-electron chi connectivity index (χ3n) is 2.31. The van der Waals surface area contributed by atoms with Crippen LogP contribution in [0.4, 0.5) is 0 Å². The third-order valence-corrected chi connectivity index (χ3v) is 2.31. The van der Waals surface area contributed by atoms with Crippen molar-refractivity contribution in [2.75, 3.05) is 0 Å². The second-order valence-corrected chi connectivity index (χ2v) is 3.56. The molecule has 1 radical (unpaired) electrons. The van der Waals surface area contributed by atoms with Crippen molar-refractivity contribution in [1.82, 2.24) is 0 Å². The summed E-state index contributed by atoms with van der Waals surface area (Å²) in [6, 6.07) is 15.0. The molecule has 1 N–H and O–H groups in total. The Morgan fingerprint density at radius 1 is 1.06 bits per heavy atom. The summed E-state index contributed by atoms with van der Waals surface area (Å²) in [6.07, 6.45) is 0. The van der Waals surface area contributed by atoms with Gasteiger partial charge in [0, 0.05) is 6.07 Å². The smallest absolute Gasteiger partial charge is 0.123 e. The van der Waals surface area contributed by atoms with E-state index in [-0.39, 0.29) is 5.75 Å². The highest BCUT2D eigenvalue weighted by Gasteiger charge is 1.99. The zero-order valence-electron chi connectivity index (χ0n) is 8.89. The predicted octanol–water partition coefficient (Wildman–Crippen LogP) is 3.15. The number of benzene rings is 2. The molecule has 0 saturated heterocycles. The molecule has 2 aromatic carbocycles. The lowest BCUT2D eigenvalue weighted by Gasteiger charge is -2.07. The summed E-state index contributed by atoms with van der Waals surface area (Å²) in [5.41, 5.74) is 1.70. The first-order valence-electron chi connectivity index (χ1n) is 5.07. The lowest BCUT2D eigenvalue weighted by atomic mass is 10.2. The summed E-state index contributed by atoms with van der Waals surface area (Å²) >= 11 is 0. The lowest BCUT2D eigenvalue weighted by Crippen LogP contribution is -1.94. The summed E-state index contributed by atoms with van der Waals surface area (Å²) in [4.78, 5) is 0. The zero-order chi connectivity index (χ0) is 11.4. The van der Waals surface area contributed by atoms with Crippen molar-refractivity contribution in [2.45, 2.75) is 6.61 Å². The SMILES string of the molecule is [CH2]c1ccc(OCc2ccccc2)cc1O. The van der Waals surface area contributed by atoms with Crippen LogP contribution in [0.25, 0.3) is 0 Å². The highest BCUT2D eigenvalue weighted by molar-refractivity contribution is 5.41. The van der Waals surface area contributed by atoms with E-state index in [0.717, 1.165) is 5.56 Å². The highest BCUT2D eigenvalue weighted by Crippen LogP contribution is 2.23. The minimum atomic E-state index is 0.158. The van der Waals surface area contributed by atoms with Crippen LogP contribution in [-0.4, -0.2) is 5.11 Å². The quantitative estimate of drug-likeness (QED) is 0.848. The molecule has 2 aromatic rings. The fraction of sp³-hybridized carbons (Fsp3) is 0.0714. The van der Waals surface area contributed by atoms with Crippen molar-refractivity contribution >= 4 is 0 Å². The van der Waals surface area contributed by atoms with Crippen molar-refractivity contribution in [3.8, 4) is 11.5 Å². The topological polar surface area (TPSA) is 29.5 Å². The van der Waals surface area contributed by atoms with Crippen LogP contribution in [0, 0.1) is 6.92 Å². The Bertz CT molecular complexity index is 463. The number of phenols is 1. The second-order valence-electron chi connectivity index (χ2n) is 3.56. The summed E-state index contributed by atoms with van der Waals surface area (Å²) < 4.78 is 5.54. The Labute approximate surface area is 95.1 Å². The van der Waals surface area contributed by atoms with E-state index in [4.69, 9.17) is 4.74 Å². The molecule has 0 spiro atoms. The number of rotatable bonds is 3. The monoisotopic (exact) mass is 213 g/mol. The number of hydrogen-bond acceptors (Lipinski definition) is 2. The fourth-order valence-electron chi connectivity index (χ4n) is 1.37. The maximum absolute atomic E-state index is 9.45. The van der Waals surface area contributed by atoms with E-state index in [2.05, 4.69) is 6.92 Å². The van der Waals surface area contributed by atoms with Crippen LogP contribution in [-0.2, 0) is 6.61 Å². The molecule has 16 heavy (non-hydrogen) atoms. The van der Waals surface area contributed by atoms with Crippen LogP contribution in [0.5, 0.6) is 11.5 Å². The van der Waals surface area contributed by atoms with E-state index in [1.807, 2.05) is 30.3 Å². The molecule has 0 fully saturated rings. The van der Waals surface area contributed by atoms with E-state index in [0.29, 0.717) is 17.9 Å². The van der Waals surface area contributed by atoms with Gasteiger partial charge in [0.05, 0.1) is 0 Å². The average Bonchev–Trinajstić information content (AvgIpc) is 2.32. The van der Waals surface area contributed by atoms with Crippen molar-refractivity contribution in [1.29, 1.82) is 0 Å². The Morgan fingerprint density at radius 2 is 1.81 bits per heavy atom. The fourth-order valence-corrected chi connectivity index (χ4v) is 1.37. The summed E-state index contributed by atoms with van der Waals surface area (Å²) in [7, 11) is 0. The molecule has 0 aliphatic carbocycles. The van der Waals surface area contributed by atoms with Gasteiger partial charge in [0.25, 0.3) is 0 Å². The van der Waals surface area contributed by atoms with E-state index < -0.39 is 0 Å². The van der Waals surface area contributed by atoms with Gasteiger partial charge in [-0.2, -0.15) is 0 Å². The van der Waals surface area contributed by atoms with Crippen molar-refractivity contribution in [3.63, 3.8) is 0 Å². The predicted molar refractivity (Wildman–Crippen MR) is 63.3 cm³/mol. The number of ether oxygens (including phenoxy) is 1. The van der Waals surface area contributed by atoms with Crippen LogP contribution < -0.4 is 4.74 Å². The Hall–Kier alpha value is -1.96. The Kier molecular flexibility index (Phi) is 3.10. The lowest BCUT2D eigenvalue weighted by molar-refractivity contribution is 0.304. The van der Waals surface area contributed by atoms with E-state index in [1.165, 1.54) is 0 Å². The van der Waals surface area contributed by atoms with Gasteiger partial charge >= 0.3 is 0 Å². The van der Waals surface area contributed by atoms with Crippen molar-refractivity contribution < 1.29 is 9.84 Å². The van der Waals surface area contributed by atoms with Crippen molar-refractivity contribution in [3.05, 3.63) is 66.6 Å². The normalized spacial score (nSPS) is 10.1. The molecule has 2 heteroatoms. The molecule has 0 bridgehead atoms. The van der Waals surface area contributed by atoms with Crippen molar-refractivity contribution in [2.24, 2.45) is 0 Å². The number of hydrogen-bond donors (Lipinski definition) is 1. The van der Waals surface area contributed by atoms with Gasteiger partial charge < -0.3 is 9.84 Å². The van der Waals surface area contributed by atoms with E-state index >= 15 is 0 Å². The van der Waals surface area contributed by atoms with Gasteiger partial charge in [0.2, 0.25) is 0 Å². The van der Waals surface area contributed by atoms with E-state index in [9.17, 15) is 5.11 Å². The van der Waals surface area contributed by atoms with Gasteiger partial charge in [-0.15, -0.1) is 0 Å². The van der Waals surface area contributed by atoms with Gasteiger partial charge in [-0.1, -0.05) is 36.4 Å².